The van der Waals surface area contributed by atoms with Gasteiger partial charge in [0.2, 0.25) is 6.54 Å². The summed E-state index contributed by atoms with van der Waals surface area (Å²) in [6, 6.07) is 11.3. The maximum absolute atomic E-state index is 6.91. The minimum absolute atomic E-state index is 0.353. The van der Waals surface area contributed by atoms with Gasteiger partial charge in [-0.1, -0.05) is 23.7 Å². The van der Waals surface area contributed by atoms with Gasteiger partial charge >= 0.3 is 0 Å². The van der Waals surface area contributed by atoms with Gasteiger partial charge in [0.05, 0.1) is 11.3 Å². The average Bonchev–Trinajstić information content (AvgIpc) is 2.32. The van der Waals surface area contributed by atoms with Crippen LogP contribution in [0.15, 0.2) is 42.6 Å². The Hall–Kier alpha value is -1.85. The van der Waals surface area contributed by atoms with Gasteiger partial charge < -0.3 is 4.85 Å². The van der Waals surface area contributed by atoms with Gasteiger partial charge in [0, 0.05) is 16.8 Å². The molecule has 1 heterocycles. The minimum atomic E-state index is 0.353. The standard InChI is InChI=1S/C13H9ClN2/c1-15-9-11-3-2-8-16-13(11)10-4-6-12(14)7-5-10/h2-8H,9H2. The number of pyridine rings is 1. The SMILES string of the molecule is [C-]#[N+]Cc1cccnc1-c1ccc(Cl)cc1. The zero-order valence-electron chi connectivity index (χ0n) is 8.52. The van der Waals surface area contributed by atoms with Crippen LogP contribution in [0.3, 0.4) is 0 Å². The summed E-state index contributed by atoms with van der Waals surface area (Å²) in [4.78, 5) is 7.70. The molecule has 1 aromatic carbocycles. The van der Waals surface area contributed by atoms with Gasteiger partial charge in [-0.2, -0.15) is 0 Å². The number of halogens is 1. The number of benzene rings is 1. The summed E-state index contributed by atoms with van der Waals surface area (Å²) in [7, 11) is 0. The van der Waals surface area contributed by atoms with Crippen LogP contribution in [-0.4, -0.2) is 4.98 Å². The van der Waals surface area contributed by atoms with Crippen LogP contribution in [0.5, 0.6) is 0 Å². The van der Waals surface area contributed by atoms with E-state index in [0.717, 1.165) is 16.8 Å². The number of rotatable bonds is 2. The Morgan fingerprint density at radius 1 is 1.19 bits per heavy atom. The van der Waals surface area contributed by atoms with Crippen LogP contribution in [0, 0.1) is 6.57 Å². The molecule has 0 N–H and O–H groups in total. The second-order valence-corrected chi connectivity index (χ2v) is 3.77. The molecule has 2 aromatic rings. The molecule has 3 heteroatoms. The van der Waals surface area contributed by atoms with E-state index < -0.39 is 0 Å². The Morgan fingerprint density at radius 2 is 1.94 bits per heavy atom. The van der Waals surface area contributed by atoms with Crippen LogP contribution in [0.4, 0.5) is 0 Å². The fraction of sp³-hybridized carbons (Fsp3) is 0.0769. The molecule has 0 saturated carbocycles. The largest absolute Gasteiger partial charge is 0.312 e. The Balaban J connectivity index is 2.47. The molecule has 2 nitrogen and oxygen atoms in total. The highest BCUT2D eigenvalue weighted by Crippen LogP contribution is 2.23. The van der Waals surface area contributed by atoms with Crippen molar-refractivity contribution in [3.8, 4) is 11.3 Å². The Labute approximate surface area is 99.3 Å². The lowest BCUT2D eigenvalue weighted by molar-refractivity contribution is 1.19. The van der Waals surface area contributed by atoms with Gasteiger partial charge in [-0.15, -0.1) is 0 Å². The van der Waals surface area contributed by atoms with Gasteiger partial charge in [0.1, 0.15) is 0 Å². The molecule has 1 aromatic heterocycles. The minimum Gasteiger partial charge on any atom is -0.312 e. The summed E-state index contributed by atoms with van der Waals surface area (Å²) in [6.07, 6.45) is 1.73. The van der Waals surface area contributed by atoms with Crippen molar-refractivity contribution < 1.29 is 0 Å². The zero-order chi connectivity index (χ0) is 11.4. The number of aromatic nitrogens is 1. The second kappa shape index (κ2) is 4.78. The summed E-state index contributed by atoms with van der Waals surface area (Å²) in [6.45, 7) is 7.26. The third-order valence-corrected chi connectivity index (χ3v) is 2.51. The number of hydrogen-bond acceptors (Lipinski definition) is 1. The molecular weight excluding hydrogens is 220 g/mol. The van der Waals surface area contributed by atoms with Gasteiger partial charge in [-0.3, -0.25) is 4.98 Å². The average molecular weight is 229 g/mol. The predicted octanol–water partition coefficient (Wildman–Crippen LogP) is 3.82. The van der Waals surface area contributed by atoms with E-state index in [2.05, 4.69) is 9.83 Å². The lowest BCUT2D eigenvalue weighted by atomic mass is 10.1. The third-order valence-electron chi connectivity index (χ3n) is 2.26. The van der Waals surface area contributed by atoms with Crippen LogP contribution in [0.2, 0.25) is 5.02 Å². The first-order chi connectivity index (χ1) is 7.81. The van der Waals surface area contributed by atoms with Gasteiger partial charge in [-0.25, -0.2) is 6.57 Å². The summed E-state index contributed by atoms with van der Waals surface area (Å²) < 4.78 is 0. The molecule has 0 amide bonds. The Bertz CT molecular complexity index is 526. The van der Waals surface area contributed by atoms with Gasteiger partial charge in [-0.05, 0) is 24.3 Å². The van der Waals surface area contributed by atoms with Crippen LogP contribution in [0.1, 0.15) is 5.56 Å². The maximum atomic E-state index is 6.91. The first-order valence-electron chi connectivity index (χ1n) is 4.84. The van der Waals surface area contributed by atoms with Crippen molar-refractivity contribution in [3.05, 3.63) is 64.6 Å². The lowest BCUT2D eigenvalue weighted by Crippen LogP contribution is -1.90. The van der Waals surface area contributed by atoms with E-state index in [1.807, 2.05) is 36.4 Å². The van der Waals surface area contributed by atoms with E-state index in [1.165, 1.54) is 0 Å². The fourth-order valence-electron chi connectivity index (χ4n) is 1.52. The quantitative estimate of drug-likeness (QED) is 0.715. The molecule has 0 spiro atoms. The zero-order valence-corrected chi connectivity index (χ0v) is 9.28. The molecule has 0 aliphatic heterocycles. The Morgan fingerprint density at radius 3 is 2.62 bits per heavy atom. The van der Waals surface area contributed by atoms with Crippen molar-refractivity contribution in [2.24, 2.45) is 0 Å². The van der Waals surface area contributed by atoms with E-state index in [9.17, 15) is 0 Å². The molecule has 2 rings (SSSR count). The lowest BCUT2D eigenvalue weighted by Gasteiger charge is -2.03. The molecule has 0 saturated heterocycles. The predicted molar refractivity (Wildman–Crippen MR) is 65.0 cm³/mol. The van der Waals surface area contributed by atoms with E-state index in [1.54, 1.807) is 6.20 Å². The summed E-state index contributed by atoms with van der Waals surface area (Å²) in [5.41, 5.74) is 2.79. The van der Waals surface area contributed by atoms with Crippen LogP contribution >= 0.6 is 11.6 Å². The van der Waals surface area contributed by atoms with Crippen molar-refractivity contribution in [1.29, 1.82) is 0 Å². The van der Waals surface area contributed by atoms with Crippen molar-refractivity contribution in [1.82, 2.24) is 4.98 Å². The van der Waals surface area contributed by atoms with E-state index in [4.69, 9.17) is 18.2 Å². The van der Waals surface area contributed by atoms with E-state index >= 15 is 0 Å². The van der Waals surface area contributed by atoms with Gasteiger partial charge in [0.15, 0.2) is 0 Å². The van der Waals surface area contributed by atoms with Crippen LogP contribution < -0.4 is 0 Å². The molecule has 0 aliphatic carbocycles. The van der Waals surface area contributed by atoms with Crippen molar-refractivity contribution >= 4 is 11.6 Å². The highest BCUT2D eigenvalue weighted by molar-refractivity contribution is 6.30. The topological polar surface area (TPSA) is 17.2 Å². The molecule has 0 unspecified atom stereocenters. The van der Waals surface area contributed by atoms with Crippen molar-refractivity contribution in [2.75, 3.05) is 0 Å². The summed E-state index contributed by atoms with van der Waals surface area (Å²) >= 11 is 5.83. The van der Waals surface area contributed by atoms with E-state index in [-0.39, 0.29) is 0 Å². The number of hydrogen-bond donors (Lipinski definition) is 0. The van der Waals surface area contributed by atoms with Crippen LogP contribution in [0.25, 0.3) is 16.1 Å². The van der Waals surface area contributed by atoms with E-state index in [0.29, 0.717) is 11.6 Å². The molecular formula is C13H9ClN2. The molecule has 78 valence electrons. The maximum Gasteiger partial charge on any atom is 0.241 e. The van der Waals surface area contributed by atoms with Crippen LogP contribution in [-0.2, 0) is 6.54 Å². The molecule has 0 aliphatic rings. The fourth-order valence-corrected chi connectivity index (χ4v) is 1.65. The molecule has 0 atom stereocenters. The van der Waals surface area contributed by atoms with Crippen molar-refractivity contribution in [2.45, 2.75) is 6.54 Å². The highest BCUT2D eigenvalue weighted by Gasteiger charge is 2.07. The smallest absolute Gasteiger partial charge is 0.241 e. The molecule has 0 bridgehead atoms. The highest BCUT2D eigenvalue weighted by atomic mass is 35.5. The Kier molecular flexibility index (Phi) is 3.19. The molecule has 0 radical (unpaired) electrons. The monoisotopic (exact) mass is 228 g/mol. The summed E-state index contributed by atoms with van der Waals surface area (Å²) in [5, 5.41) is 0.700. The first kappa shape index (κ1) is 10.7. The summed E-state index contributed by atoms with van der Waals surface area (Å²) in [5.74, 6) is 0. The number of nitrogens with zero attached hydrogens (tertiary/aromatic N) is 2. The van der Waals surface area contributed by atoms with Crippen molar-refractivity contribution in [3.63, 3.8) is 0 Å². The van der Waals surface area contributed by atoms with Gasteiger partial charge in [0.25, 0.3) is 0 Å². The first-order valence-corrected chi connectivity index (χ1v) is 5.22. The molecule has 0 fully saturated rings. The second-order valence-electron chi connectivity index (χ2n) is 3.33. The normalized spacial score (nSPS) is 9.75. The molecule has 16 heavy (non-hydrogen) atoms. The third kappa shape index (κ3) is 2.21.